The predicted octanol–water partition coefficient (Wildman–Crippen LogP) is 4.25. The second kappa shape index (κ2) is 4.85. The van der Waals surface area contributed by atoms with Gasteiger partial charge in [0, 0.05) is 23.0 Å². The summed E-state index contributed by atoms with van der Waals surface area (Å²) in [6.45, 7) is 13.8. The van der Waals surface area contributed by atoms with E-state index in [9.17, 15) is 0 Å². The molecule has 0 nitrogen and oxygen atoms in total. The molecule has 2 heteroatoms. The van der Waals surface area contributed by atoms with Crippen LogP contribution in [0.2, 0.25) is 39.3 Å². The Morgan fingerprint density at radius 3 is 1.47 bits per heavy atom. The number of hydrogen-bond donors (Lipinski definition) is 0. The summed E-state index contributed by atoms with van der Waals surface area (Å²) < 4.78 is 0. The third-order valence-electron chi connectivity index (χ3n) is 3.26. The quantitative estimate of drug-likeness (QED) is 0.354. The molecule has 2 bridgehead atoms. The Hall–Kier alpha value is -0.966. The largest absolute Gasteiger partial charge is 0.129 e. The maximum atomic E-state index is 3.52. The lowest BCUT2D eigenvalue weighted by Crippen LogP contribution is -2.17. The molecule has 19 heavy (non-hydrogen) atoms. The van der Waals surface area contributed by atoms with Crippen molar-refractivity contribution in [1.29, 1.82) is 0 Å². The normalized spacial score (nSPS) is 24.9. The first kappa shape index (κ1) is 14.4. The molecule has 0 aromatic carbocycles. The van der Waals surface area contributed by atoms with Gasteiger partial charge in [-0.25, -0.2) is 0 Å². The first-order chi connectivity index (χ1) is 8.66. The maximum Gasteiger partial charge on any atom is 0.129 e. The van der Waals surface area contributed by atoms with Crippen LogP contribution >= 0.6 is 0 Å². The van der Waals surface area contributed by atoms with Crippen LogP contribution in [-0.2, 0) is 0 Å². The molecule has 0 spiro atoms. The average Bonchev–Trinajstić information content (AvgIpc) is 2.81. The van der Waals surface area contributed by atoms with Gasteiger partial charge in [0.1, 0.15) is 16.1 Å². The van der Waals surface area contributed by atoms with E-state index in [4.69, 9.17) is 0 Å². The van der Waals surface area contributed by atoms with Crippen LogP contribution in [0.4, 0.5) is 0 Å². The summed E-state index contributed by atoms with van der Waals surface area (Å²) in [4.78, 5) is 0. The summed E-state index contributed by atoms with van der Waals surface area (Å²) in [5.41, 5.74) is 9.70. The molecular weight excluding hydrogens is 260 g/mol. The fourth-order valence-corrected chi connectivity index (χ4v) is 3.38. The van der Waals surface area contributed by atoms with Crippen molar-refractivity contribution in [2.24, 2.45) is 11.8 Å². The van der Waals surface area contributed by atoms with Gasteiger partial charge in [0.15, 0.2) is 0 Å². The molecule has 0 aromatic rings. The SMILES string of the molecule is C[Si](C)(C)C#CC1=C(C#C[Si](C)(C)C)[C@H]2C=C[C@@H]1C2. The highest BCUT2D eigenvalue weighted by Crippen LogP contribution is 2.43. The van der Waals surface area contributed by atoms with Crippen molar-refractivity contribution in [3.8, 4) is 22.9 Å². The van der Waals surface area contributed by atoms with Crippen molar-refractivity contribution < 1.29 is 0 Å². The Kier molecular flexibility index (Phi) is 3.69. The lowest BCUT2D eigenvalue weighted by molar-refractivity contribution is 0.716. The van der Waals surface area contributed by atoms with E-state index in [0.717, 1.165) is 0 Å². The molecule has 0 amide bonds. The van der Waals surface area contributed by atoms with Gasteiger partial charge in [0.25, 0.3) is 0 Å². The summed E-state index contributed by atoms with van der Waals surface area (Å²) >= 11 is 0. The Bertz CT molecular complexity index is 507. The number of fused-ring (bicyclic) bond motifs is 2. The minimum atomic E-state index is -1.30. The topological polar surface area (TPSA) is 0 Å². The molecule has 0 N–H and O–H groups in total. The lowest BCUT2D eigenvalue weighted by Gasteiger charge is -2.10. The van der Waals surface area contributed by atoms with Crippen molar-refractivity contribution >= 4 is 16.1 Å². The average molecular weight is 285 g/mol. The molecule has 0 radical (unpaired) electrons. The molecule has 0 aromatic heterocycles. The van der Waals surface area contributed by atoms with Gasteiger partial charge >= 0.3 is 0 Å². The third-order valence-corrected chi connectivity index (χ3v) is 5.01. The van der Waals surface area contributed by atoms with Crippen LogP contribution in [0.1, 0.15) is 6.42 Å². The zero-order valence-electron chi connectivity index (χ0n) is 13.0. The summed E-state index contributed by atoms with van der Waals surface area (Å²) in [6, 6.07) is 0. The van der Waals surface area contributed by atoms with Crippen molar-refractivity contribution in [2.75, 3.05) is 0 Å². The number of allylic oxidation sites excluding steroid dienone is 4. The van der Waals surface area contributed by atoms with Gasteiger partial charge in [-0.05, 0) is 6.42 Å². The first-order valence-corrected chi connectivity index (χ1v) is 14.1. The van der Waals surface area contributed by atoms with Gasteiger partial charge in [-0.2, -0.15) is 0 Å². The molecule has 2 aliphatic rings. The van der Waals surface area contributed by atoms with Crippen LogP contribution in [0, 0.1) is 34.8 Å². The van der Waals surface area contributed by atoms with Crippen molar-refractivity contribution in [3.63, 3.8) is 0 Å². The van der Waals surface area contributed by atoms with E-state index in [-0.39, 0.29) is 0 Å². The molecule has 2 atom stereocenters. The van der Waals surface area contributed by atoms with Gasteiger partial charge in [-0.15, -0.1) is 11.1 Å². The standard InChI is InChI=1S/C17H24Si2/c1-18(2,3)11-9-16-14-7-8-15(13-14)17(16)10-12-19(4,5)6/h7-8,14-15H,13H2,1-6H3/t14-,15+. The Labute approximate surface area is 120 Å². The van der Waals surface area contributed by atoms with Crippen molar-refractivity contribution in [2.45, 2.75) is 45.7 Å². The van der Waals surface area contributed by atoms with Crippen LogP contribution < -0.4 is 0 Å². The first-order valence-electron chi connectivity index (χ1n) is 7.14. The maximum absolute atomic E-state index is 3.52. The van der Waals surface area contributed by atoms with E-state index in [2.05, 4.69) is 74.4 Å². The molecule has 0 saturated carbocycles. The van der Waals surface area contributed by atoms with E-state index < -0.39 is 16.1 Å². The predicted molar refractivity (Wildman–Crippen MR) is 90.0 cm³/mol. The smallest absolute Gasteiger partial charge is 0.127 e. The monoisotopic (exact) mass is 284 g/mol. The molecular formula is C17H24Si2. The molecule has 0 fully saturated rings. The van der Waals surface area contributed by atoms with Gasteiger partial charge in [-0.1, -0.05) is 63.3 Å². The summed E-state index contributed by atoms with van der Waals surface area (Å²) in [6.07, 6.45) is 5.88. The van der Waals surface area contributed by atoms with Crippen molar-refractivity contribution in [3.05, 3.63) is 23.3 Å². The van der Waals surface area contributed by atoms with Crippen LogP contribution in [-0.4, -0.2) is 16.1 Å². The van der Waals surface area contributed by atoms with Crippen LogP contribution in [0.5, 0.6) is 0 Å². The molecule has 0 heterocycles. The summed E-state index contributed by atoms with van der Waals surface area (Å²) in [5, 5.41) is 0. The van der Waals surface area contributed by atoms with Gasteiger partial charge in [0.2, 0.25) is 0 Å². The minimum Gasteiger partial charge on any atom is -0.127 e. The van der Waals surface area contributed by atoms with Gasteiger partial charge < -0.3 is 0 Å². The lowest BCUT2D eigenvalue weighted by atomic mass is 9.98. The highest BCUT2D eigenvalue weighted by molar-refractivity contribution is 6.84. The summed E-state index contributed by atoms with van der Waals surface area (Å²) in [7, 11) is -2.60. The molecule has 2 aliphatic carbocycles. The van der Waals surface area contributed by atoms with E-state index >= 15 is 0 Å². The van der Waals surface area contributed by atoms with Crippen LogP contribution in [0.15, 0.2) is 23.3 Å². The highest BCUT2D eigenvalue weighted by Gasteiger charge is 2.33. The van der Waals surface area contributed by atoms with Crippen molar-refractivity contribution in [1.82, 2.24) is 0 Å². The van der Waals surface area contributed by atoms with Gasteiger partial charge in [0.05, 0.1) is 0 Å². The van der Waals surface area contributed by atoms with E-state index in [1.807, 2.05) is 0 Å². The van der Waals surface area contributed by atoms with Crippen LogP contribution in [0.3, 0.4) is 0 Å². The number of rotatable bonds is 0. The molecule has 0 saturated heterocycles. The fraction of sp³-hybridized carbons (Fsp3) is 0.529. The van der Waals surface area contributed by atoms with E-state index in [1.54, 1.807) is 0 Å². The molecule has 100 valence electrons. The third kappa shape index (κ3) is 3.75. The minimum absolute atomic E-state index is 0.555. The zero-order valence-corrected chi connectivity index (χ0v) is 15.0. The number of hydrogen-bond acceptors (Lipinski definition) is 0. The van der Waals surface area contributed by atoms with Crippen LogP contribution in [0.25, 0.3) is 0 Å². The van der Waals surface area contributed by atoms with Gasteiger partial charge in [-0.3, -0.25) is 0 Å². The molecule has 0 aliphatic heterocycles. The fourth-order valence-electron chi connectivity index (χ4n) is 2.36. The zero-order chi connectivity index (χ0) is 14.3. The Morgan fingerprint density at radius 1 is 0.789 bits per heavy atom. The van der Waals surface area contributed by atoms with E-state index in [0.29, 0.717) is 11.8 Å². The Balaban J connectivity index is 2.36. The molecule has 0 unspecified atom stereocenters. The molecule has 2 rings (SSSR count). The Morgan fingerprint density at radius 2 is 1.16 bits per heavy atom. The van der Waals surface area contributed by atoms with E-state index in [1.165, 1.54) is 17.6 Å². The summed E-state index contributed by atoms with van der Waals surface area (Å²) in [5.74, 6) is 8.10. The second-order valence-corrected chi connectivity index (χ2v) is 17.2. The highest BCUT2D eigenvalue weighted by atomic mass is 28.3. The second-order valence-electron chi connectivity index (χ2n) is 7.66.